The quantitative estimate of drug-likeness (QED) is 0.758. The molecule has 0 bridgehead atoms. The molecule has 16 heavy (non-hydrogen) atoms. The highest BCUT2D eigenvalue weighted by molar-refractivity contribution is 5.78. The first kappa shape index (κ1) is 10.3. The van der Waals surface area contributed by atoms with Crippen LogP contribution in [0, 0.1) is 0 Å². The summed E-state index contributed by atoms with van der Waals surface area (Å²) in [5, 5.41) is 9.09. The number of pyridine rings is 1. The van der Waals surface area contributed by atoms with E-state index in [4.69, 9.17) is 0 Å². The third kappa shape index (κ3) is 2.88. The van der Waals surface area contributed by atoms with Crippen molar-refractivity contribution in [3.8, 4) is 0 Å². The summed E-state index contributed by atoms with van der Waals surface area (Å²) in [7, 11) is 0. The Morgan fingerprint density at radius 1 is 1.50 bits per heavy atom. The molecule has 2 heterocycles. The van der Waals surface area contributed by atoms with E-state index < -0.39 is 0 Å². The van der Waals surface area contributed by atoms with Gasteiger partial charge in [0, 0.05) is 12.4 Å². The van der Waals surface area contributed by atoms with E-state index in [0.29, 0.717) is 18.8 Å². The van der Waals surface area contributed by atoms with E-state index in [0.717, 1.165) is 5.56 Å². The first-order valence-electron chi connectivity index (χ1n) is 4.84. The number of hydrogen-bond acceptors (Lipinski definition) is 4. The van der Waals surface area contributed by atoms with Crippen LogP contribution in [0.4, 0.5) is 0 Å². The maximum Gasteiger partial charge on any atom is 0.224 e. The highest BCUT2D eigenvalue weighted by Gasteiger charge is 2.03. The molecule has 2 aromatic heterocycles. The van der Waals surface area contributed by atoms with Crippen molar-refractivity contribution in [3.63, 3.8) is 0 Å². The number of carbonyl (C=O) groups is 1. The molecule has 2 N–H and O–H groups in total. The average molecular weight is 217 g/mol. The Hall–Kier alpha value is -2.24. The standard InChI is InChI=1S/C10H11N5O/c16-10(4-8-2-1-3-11-5-8)12-6-9-13-7-14-15-9/h1-3,5,7H,4,6H2,(H,12,16)(H,13,14,15). The molecule has 0 aromatic carbocycles. The topological polar surface area (TPSA) is 83.6 Å². The van der Waals surface area contributed by atoms with Gasteiger partial charge in [0.15, 0.2) is 0 Å². The Morgan fingerprint density at radius 3 is 3.12 bits per heavy atom. The molecular weight excluding hydrogens is 206 g/mol. The number of nitrogens with zero attached hydrogens (tertiary/aromatic N) is 3. The van der Waals surface area contributed by atoms with E-state index >= 15 is 0 Å². The molecule has 0 aliphatic rings. The van der Waals surface area contributed by atoms with Crippen molar-refractivity contribution in [1.29, 1.82) is 0 Å². The molecule has 0 aliphatic carbocycles. The van der Waals surface area contributed by atoms with Gasteiger partial charge in [0.05, 0.1) is 13.0 Å². The minimum absolute atomic E-state index is 0.0654. The normalized spacial score (nSPS) is 10.0. The Kier molecular flexibility index (Phi) is 3.22. The lowest BCUT2D eigenvalue weighted by molar-refractivity contribution is -0.120. The number of aromatic nitrogens is 4. The summed E-state index contributed by atoms with van der Waals surface area (Å²) in [6, 6.07) is 3.67. The molecule has 2 aromatic rings. The largest absolute Gasteiger partial charge is 0.349 e. The van der Waals surface area contributed by atoms with E-state index in [1.54, 1.807) is 18.5 Å². The van der Waals surface area contributed by atoms with Crippen molar-refractivity contribution in [2.75, 3.05) is 0 Å². The highest BCUT2D eigenvalue weighted by atomic mass is 16.1. The molecule has 1 amide bonds. The van der Waals surface area contributed by atoms with Gasteiger partial charge in [0.25, 0.3) is 0 Å². The van der Waals surface area contributed by atoms with E-state index in [1.807, 2.05) is 6.07 Å². The van der Waals surface area contributed by atoms with Crippen molar-refractivity contribution in [3.05, 3.63) is 42.2 Å². The number of nitrogens with one attached hydrogen (secondary N) is 2. The van der Waals surface area contributed by atoms with Crippen LogP contribution in [0.25, 0.3) is 0 Å². The molecule has 0 unspecified atom stereocenters. The molecular formula is C10H11N5O. The Morgan fingerprint density at radius 2 is 2.44 bits per heavy atom. The minimum atomic E-state index is -0.0654. The van der Waals surface area contributed by atoms with Crippen LogP contribution in [-0.2, 0) is 17.8 Å². The summed E-state index contributed by atoms with van der Waals surface area (Å²) >= 11 is 0. The zero-order chi connectivity index (χ0) is 11.2. The summed E-state index contributed by atoms with van der Waals surface area (Å²) in [5.74, 6) is 0.573. The van der Waals surface area contributed by atoms with Gasteiger partial charge < -0.3 is 5.32 Å². The van der Waals surface area contributed by atoms with Crippen LogP contribution in [0.5, 0.6) is 0 Å². The molecule has 0 saturated heterocycles. The lowest BCUT2D eigenvalue weighted by Crippen LogP contribution is -2.25. The smallest absolute Gasteiger partial charge is 0.224 e. The van der Waals surface area contributed by atoms with Crippen molar-refractivity contribution >= 4 is 5.91 Å². The van der Waals surface area contributed by atoms with E-state index in [2.05, 4.69) is 25.5 Å². The van der Waals surface area contributed by atoms with E-state index in [9.17, 15) is 4.79 Å². The van der Waals surface area contributed by atoms with Gasteiger partial charge in [-0.15, -0.1) is 0 Å². The first-order chi connectivity index (χ1) is 7.84. The predicted octanol–water partition coefficient (Wildman–Crippen LogP) is 0.0586. The fraction of sp³-hybridized carbons (Fsp3) is 0.200. The summed E-state index contributed by atoms with van der Waals surface area (Å²) in [6.45, 7) is 0.360. The minimum Gasteiger partial charge on any atom is -0.349 e. The van der Waals surface area contributed by atoms with Gasteiger partial charge in [-0.05, 0) is 11.6 Å². The number of carbonyl (C=O) groups excluding carboxylic acids is 1. The van der Waals surface area contributed by atoms with Gasteiger partial charge in [-0.2, -0.15) is 5.10 Å². The molecule has 82 valence electrons. The summed E-state index contributed by atoms with van der Waals surface area (Å²) < 4.78 is 0. The van der Waals surface area contributed by atoms with Gasteiger partial charge in [-0.3, -0.25) is 14.9 Å². The van der Waals surface area contributed by atoms with Crippen LogP contribution in [-0.4, -0.2) is 26.1 Å². The van der Waals surface area contributed by atoms with Gasteiger partial charge in [-0.1, -0.05) is 6.07 Å². The fourth-order valence-electron chi connectivity index (χ4n) is 1.25. The lowest BCUT2D eigenvalue weighted by Gasteiger charge is -2.02. The maximum atomic E-state index is 11.5. The summed E-state index contributed by atoms with van der Waals surface area (Å²) in [4.78, 5) is 19.3. The zero-order valence-electron chi connectivity index (χ0n) is 8.55. The van der Waals surface area contributed by atoms with Gasteiger partial charge in [0.2, 0.25) is 5.91 Å². The van der Waals surface area contributed by atoms with Crippen LogP contribution in [0.1, 0.15) is 11.4 Å². The van der Waals surface area contributed by atoms with Crippen LogP contribution in [0.3, 0.4) is 0 Å². The maximum absolute atomic E-state index is 11.5. The molecule has 0 saturated carbocycles. The molecule has 0 spiro atoms. The number of hydrogen-bond donors (Lipinski definition) is 2. The number of amides is 1. The third-order valence-corrected chi connectivity index (χ3v) is 2.01. The average Bonchev–Trinajstić information content (AvgIpc) is 2.81. The Labute approximate surface area is 92.1 Å². The molecule has 6 nitrogen and oxygen atoms in total. The second kappa shape index (κ2) is 5.01. The number of H-pyrrole nitrogens is 1. The second-order valence-electron chi connectivity index (χ2n) is 3.25. The van der Waals surface area contributed by atoms with E-state index in [1.165, 1.54) is 6.33 Å². The highest BCUT2D eigenvalue weighted by Crippen LogP contribution is 1.96. The molecule has 0 fully saturated rings. The van der Waals surface area contributed by atoms with E-state index in [-0.39, 0.29) is 5.91 Å². The van der Waals surface area contributed by atoms with Gasteiger partial charge in [0.1, 0.15) is 12.2 Å². The van der Waals surface area contributed by atoms with Crippen molar-refractivity contribution < 1.29 is 4.79 Å². The van der Waals surface area contributed by atoms with Crippen molar-refractivity contribution in [2.45, 2.75) is 13.0 Å². The SMILES string of the molecule is O=C(Cc1cccnc1)NCc1ncn[nH]1. The van der Waals surface area contributed by atoms with Gasteiger partial charge >= 0.3 is 0 Å². The number of rotatable bonds is 4. The van der Waals surface area contributed by atoms with Crippen LogP contribution in [0.2, 0.25) is 0 Å². The first-order valence-corrected chi connectivity index (χ1v) is 4.84. The number of aromatic amines is 1. The van der Waals surface area contributed by atoms with Crippen LogP contribution in [0.15, 0.2) is 30.9 Å². The van der Waals surface area contributed by atoms with Gasteiger partial charge in [-0.25, -0.2) is 4.98 Å². The predicted molar refractivity (Wildman–Crippen MR) is 56.2 cm³/mol. The Balaban J connectivity index is 1.81. The lowest BCUT2D eigenvalue weighted by atomic mass is 10.2. The van der Waals surface area contributed by atoms with Crippen LogP contribution < -0.4 is 5.32 Å². The zero-order valence-corrected chi connectivity index (χ0v) is 8.55. The van der Waals surface area contributed by atoms with Crippen molar-refractivity contribution in [1.82, 2.24) is 25.5 Å². The third-order valence-electron chi connectivity index (χ3n) is 2.01. The molecule has 0 radical (unpaired) electrons. The van der Waals surface area contributed by atoms with Crippen LogP contribution >= 0.6 is 0 Å². The molecule has 0 aliphatic heterocycles. The fourth-order valence-corrected chi connectivity index (χ4v) is 1.25. The Bertz CT molecular complexity index is 439. The van der Waals surface area contributed by atoms with Crippen molar-refractivity contribution in [2.24, 2.45) is 0 Å². The monoisotopic (exact) mass is 217 g/mol. The second-order valence-corrected chi connectivity index (χ2v) is 3.25. The molecule has 2 rings (SSSR count). The molecule has 0 atom stereocenters. The summed E-state index contributed by atoms with van der Waals surface area (Å²) in [5.41, 5.74) is 0.887. The molecule has 6 heteroatoms. The summed E-state index contributed by atoms with van der Waals surface area (Å²) in [6.07, 6.45) is 5.08.